The van der Waals surface area contributed by atoms with E-state index in [1.165, 1.54) is 6.42 Å². The van der Waals surface area contributed by atoms with Gasteiger partial charge in [-0.2, -0.15) is 0 Å². The van der Waals surface area contributed by atoms with Crippen LogP contribution in [0.25, 0.3) is 0 Å². The molecule has 2 amide bonds. The summed E-state index contributed by atoms with van der Waals surface area (Å²) in [6, 6.07) is 0.178. The lowest BCUT2D eigenvalue weighted by atomic mass is 9.93. The summed E-state index contributed by atoms with van der Waals surface area (Å²) in [6.45, 7) is 2.76. The summed E-state index contributed by atoms with van der Waals surface area (Å²) in [5.41, 5.74) is 5.40. The molecule has 92 valence electrons. The lowest BCUT2D eigenvalue weighted by Gasteiger charge is -2.30. The van der Waals surface area contributed by atoms with E-state index in [0.29, 0.717) is 12.6 Å². The molecule has 0 saturated heterocycles. The third kappa shape index (κ3) is 3.60. The Morgan fingerprint density at radius 2 is 2.31 bits per heavy atom. The van der Waals surface area contributed by atoms with Crippen molar-refractivity contribution in [2.75, 3.05) is 13.1 Å². The van der Waals surface area contributed by atoms with Crippen molar-refractivity contribution in [2.24, 2.45) is 10.9 Å². The van der Waals surface area contributed by atoms with E-state index in [1.807, 2.05) is 6.92 Å². The largest absolute Gasteiger partial charge is 0.409 e. The van der Waals surface area contributed by atoms with Gasteiger partial charge in [-0.3, -0.25) is 0 Å². The lowest BCUT2D eigenvalue weighted by molar-refractivity contribution is 0.192. The molecule has 6 heteroatoms. The van der Waals surface area contributed by atoms with Crippen LogP contribution in [0.4, 0.5) is 4.79 Å². The first-order chi connectivity index (χ1) is 7.67. The van der Waals surface area contributed by atoms with Gasteiger partial charge in [0.2, 0.25) is 0 Å². The molecule has 1 aliphatic rings. The zero-order chi connectivity index (χ0) is 12.0. The van der Waals surface area contributed by atoms with Gasteiger partial charge in [-0.1, -0.05) is 12.1 Å². The Balaban J connectivity index is 2.43. The van der Waals surface area contributed by atoms with E-state index in [9.17, 15) is 4.79 Å². The highest BCUT2D eigenvalue weighted by Crippen LogP contribution is 2.18. The summed E-state index contributed by atoms with van der Waals surface area (Å²) in [7, 11) is 0. The minimum absolute atomic E-state index is 0.0530. The van der Waals surface area contributed by atoms with Crippen LogP contribution in [0.5, 0.6) is 0 Å². The number of carbonyl (C=O) groups excluding carboxylic acids is 1. The molecule has 1 saturated carbocycles. The second-order valence-electron chi connectivity index (χ2n) is 4.09. The molecule has 0 radical (unpaired) electrons. The second-order valence-corrected chi connectivity index (χ2v) is 4.09. The zero-order valence-electron chi connectivity index (χ0n) is 9.65. The van der Waals surface area contributed by atoms with Gasteiger partial charge in [0.05, 0.1) is 6.54 Å². The number of amides is 2. The van der Waals surface area contributed by atoms with Crippen LogP contribution >= 0.6 is 0 Å². The van der Waals surface area contributed by atoms with E-state index in [2.05, 4.69) is 10.5 Å². The molecule has 0 unspecified atom stereocenters. The van der Waals surface area contributed by atoms with Crippen molar-refractivity contribution in [1.29, 1.82) is 0 Å². The van der Waals surface area contributed by atoms with Crippen LogP contribution < -0.4 is 11.1 Å². The average Bonchev–Trinajstić information content (AvgIpc) is 2.22. The smallest absolute Gasteiger partial charge is 0.318 e. The third-order valence-electron chi connectivity index (χ3n) is 2.69. The molecule has 6 nitrogen and oxygen atoms in total. The van der Waals surface area contributed by atoms with Gasteiger partial charge in [0.15, 0.2) is 5.84 Å². The first kappa shape index (κ1) is 12.6. The number of oxime groups is 1. The molecule has 1 aliphatic carbocycles. The van der Waals surface area contributed by atoms with Crippen LogP contribution in [0.2, 0.25) is 0 Å². The highest BCUT2D eigenvalue weighted by molar-refractivity contribution is 5.86. The number of hydrogen-bond acceptors (Lipinski definition) is 3. The third-order valence-corrected chi connectivity index (χ3v) is 2.69. The SMILES string of the molecule is CCCN(CC(N)=NO)C(=O)NC1CCC1. The van der Waals surface area contributed by atoms with Crippen LogP contribution in [-0.2, 0) is 0 Å². The average molecular weight is 228 g/mol. The Labute approximate surface area is 95.5 Å². The Bertz CT molecular complexity index is 264. The van der Waals surface area contributed by atoms with E-state index in [4.69, 9.17) is 10.9 Å². The van der Waals surface area contributed by atoms with Gasteiger partial charge in [-0.25, -0.2) is 4.79 Å². The van der Waals surface area contributed by atoms with Gasteiger partial charge in [-0.15, -0.1) is 0 Å². The molecular weight excluding hydrogens is 208 g/mol. The monoisotopic (exact) mass is 228 g/mol. The van der Waals surface area contributed by atoms with Gasteiger partial charge in [0.25, 0.3) is 0 Å². The van der Waals surface area contributed by atoms with Crippen molar-refractivity contribution in [2.45, 2.75) is 38.6 Å². The number of rotatable bonds is 5. The fraction of sp³-hybridized carbons (Fsp3) is 0.800. The Morgan fingerprint density at radius 3 is 2.75 bits per heavy atom. The minimum Gasteiger partial charge on any atom is -0.409 e. The van der Waals surface area contributed by atoms with Crippen molar-refractivity contribution >= 4 is 11.9 Å². The summed E-state index contributed by atoms with van der Waals surface area (Å²) in [5, 5.41) is 14.3. The van der Waals surface area contributed by atoms with Crippen molar-refractivity contribution in [3.05, 3.63) is 0 Å². The quantitative estimate of drug-likeness (QED) is 0.280. The van der Waals surface area contributed by atoms with Crippen molar-refractivity contribution in [3.8, 4) is 0 Å². The molecule has 0 aromatic carbocycles. The molecule has 0 aromatic rings. The highest BCUT2D eigenvalue weighted by Gasteiger charge is 2.22. The van der Waals surface area contributed by atoms with Gasteiger partial charge >= 0.3 is 6.03 Å². The Kier molecular flexibility index (Phi) is 4.88. The number of nitrogens with zero attached hydrogens (tertiary/aromatic N) is 2. The molecule has 0 heterocycles. The second kappa shape index (κ2) is 6.19. The van der Waals surface area contributed by atoms with Crippen molar-refractivity contribution < 1.29 is 10.0 Å². The van der Waals surface area contributed by atoms with E-state index in [1.54, 1.807) is 4.90 Å². The first-order valence-electron chi connectivity index (χ1n) is 5.69. The molecule has 0 atom stereocenters. The van der Waals surface area contributed by atoms with E-state index in [-0.39, 0.29) is 18.4 Å². The molecule has 1 rings (SSSR count). The topological polar surface area (TPSA) is 90.9 Å². The fourth-order valence-electron chi connectivity index (χ4n) is 1.57. The number of amidine groups is 1. The van der Waals surface area contributed by atoms with Crippen LogP contribution in [0.15, 0.2) is 5.16 Å². The molecule has 0 bridgehead atoms. The van der Waals surface area contributed by atoms with E-state index >= 15 is 0 Å². The number of nitrogens with one attached hydrogen (secondary N) is 1. The molecular formula is C10H20N4O2. The zero-order valence-corrected chi connectivity index (χ0v) is 9.65. The first-order valence-corrected chi connectivity index (χ1v) is 5.69. The van der Waals surface area contributed by atoms with Gasteiger partial charge < -0.3 is 21.2 Å². The maximum Gasteiger partial charge on any atom is 0.318 e. The summed E-state index contributed by atoms with van der Waals surface area (Å²) in [5.74, 6) is 0.0530. The van der Waals surface area contributed by atoms with Crippen molar-refractivity contribution in [3.63, 3.8) is 0 Å². The Morgan fingerprint density at radius 1 is 1.62 bits per heavy atom. The highest BCUT2D eigenvalue weighted by atomic mass is 16.4. The number of nitrogens with two attached hydrogens (primary N) is 1. The fourth-order valence-corrected chi connectivity index (χ4v) is 1.57. The summed E-state index contributed by atoms with van der Waals surface area (Å²) < 4.78 is 0. The predicted molar refractivity (Wildman–Crippen MR) is 61.4 cm³/mol. The Hall–Kier alpha value is -1.46. The number of urea groups is 1. The van der Waals surface area contributed by atoms with Gasteiger partial charge in [0, 0.05) is 12.6 Å². The van der Waals surface area contributed by atoms with Crippen LogP contribution in [0.1, 0.15) is 32.6 Å². The predicted octanol–water partition coefficient (Wildman–Crippen LogP) is 0.707. The maximum atomic E-state index is 11.8. The normalized spacial score (nSPS) is 16.7. The number of hydrogen-bond donors (Lipinski definition) is 3. The van der Waals surface area contributed by atoms with Crippen LogP contribution in [0.3, 0.4) is 0 Å². The summed E-state index contributed by atoms with van der Waals surface area (Å²) in [6.07, 6.45) is 4.13. The molecule has 1 fully saturated rings. The van der Waals surface area contributed by atoms with Gasteiger partial charge in [-0.05, 0) is 25.7 Å². The molecule has 16 heavy (non-hydrogen) atoms. The molecule has 0 aromatic heterocycles. The minimum atomic E-state index is -0.127. The van der Waals surface area contributed by atoms with Gasteiger partial charge in [0.1, 0.15) is 0 Å². The number of carbonyl (C=O) groups is 1. The van der Waals surface area contributed by atoms with E-state index < -0.39 is 0 Å². The summed E-state index contributed by atoms with van der Waals surface area (Å²) >= 11 is 0. The maximum absolute atomic E-state index is 11.8. The molecule has 0 spiro atoms. The molecule has 0 aliphatic heterocycles. The standard InChI is InChI=1S/C10H20N4O2/c1-2-6-14(7-9(11)13-16)10(15)12-8-4-3-5-8/h8,16H,2-7H2,1H3,(H2,11,13)(H,12,15). The van der Waals surface area contributed by atoms with Crippen LogP contribution in [0, 0.1) is 0 Å². The lowest BCUT2D eigenvalue weighted by Crippen LogP contribution is -2.49. The van der Waals surface area contributed by atoms with Crippen molar-refractivity contribution in [1.82, 2.24) is 10.2 Å². The van der Waals surface area contributed by atoms with Crippen LogP contribution in [-0.4, -0.2) is 41.1 Å². The summed E-state index contributed by atoms with van der Waals surface area (Å²) in [4.78, 5) is 13.4. The van der Waals surface area contributed by atoms with E-state index in [0.717, 1.165) is 19.3 Å². The molecule has 4 N–H and O–H groups in total.